The van der Waals surface area contributed by atoms with Crippen molar-refractivity contribution < 1.29 is 0 Å². The molecule has 0 unspecified atom stereocenters. The molecule has 0 aliphatic rings. The summed E-state index contributed by atoms with van der Waals surface area (Å²) in [5, 5.41) is 0. The minimum Gasteiger partial charge on any atom is -0.0654 e. The Morgan fingerprint density at radius 1 is 0.640 bits per heavy atom. The molecule has 0 nitrogen and oxygen atoms in total. The highest BCUT2D eigenvalue weighted by atomic mass is 14.1. The zero-order chi connectivity index (χ0) is 18.2. The molecule has 2 aromatic rings. The quantitative estimate of drug-likeness (QED) is 0.439. The predicted molar refractivity (Wildman–Crippen MR) is 113 cm³/mol. The van der Waals surface area contributed by atoms with Crippen molar-refractivity contribution >= 4 is 12.2 Å². The fraction of sp³-hybridized carbons (Fsp3) is 0.440. The molecular formula is C25H34. The number of hydrogen-bond acceptors (Lipinski definition) is 0. The molecule has 0 fully saturated rings. The monoisotopic (exact) mass is 334 g/mol. The Kier molecular flexibility index (Phi) is 7.50. The second kappa shape index (κ2) is 9.61. The van der Waals surface area contributed by atoms with E-state index < -0.39 is 0 Å². The van der Waals surface area contributed by atoms with Gasteiger partial charge in [0.1, 0.15) is 0 Å². The van der Waals surface area contributed by atoms with Gasteiger partial charge < -0.3 is 0 Å². The fourth-order valence-electron chi connectivity index (χ4n) is 3.52. The molecule has 0 bridgehead atoms. The highest BCUT2D eigenvalue weighted by molar-refractivity contribution is 5.71. The van der Waals surface area contributed by atoms with Crippen molar-refractivity contribution in [2.24, 2.45) is 0 Å². The maximum Gasteiger partial charge on any atom is -0.0251 e. The molecule has 0 saturated carbocycles. The van der Waals surface area contributed by atoms with E-state index in [0.717, 1.165) is 0 Å². The lowest BCUT2D eigenvalue weighted by atomic mass is 9.92. The van der Waals surface area contributed by atoms with Crippen molar-refractivity contribution in [2.75, 3.05) is 0 Å². The highest BCUT2D eigenvalue weighted by Crippen LogP contribution is 2.23. The van der Waals surface area contributed by atoms with E-state index in [-0.39, 0.29) is 0 Å². The summed E-state index contributed by atoms with van der Waals surface area (Å²) in [5.41, 5.74) is 9.90. The molecule has 0 spiro atoms. The van der Waals surface area contributed by atoms with Crippen LogP contribution in [-0.4, -0.2) is 0 Å². The van der Waals surface area contributed by atoms with Crippen LogP contribution in [0.15, 0.2) is 30.3 Å². The second-order valence-corrected chi connectivity index (χ2v) is 7.43. The van der Waals surface area contributed by atoms with E-state index in [4.69, 9.17) is 0 Å². The van der Waals surface area contributed by atoms with Crippen molar-refractivity contribution in [3.05, 3.63) is 69.3 Å². The van der Waals surface area contributed by atoms with Gasteiger partial charge in [-0.1, -0.05) is 80.3 Å². The van der Waals surface area contributed by atoms with E-state index in [1.54, 1.807) is 0 Å². The Labute approximate surface area is 155 Å². The molecule has 0 heterocycles. The number of aryl methyl sites for hydroxylation is 4. The van der Waals surface area contributed by atoms with Gasteiger partial charge in [-0.05, 0) is 74.3 Å². The van der Waals surface area contributed by atoms with Gasteiger partial charge in [0.15, 0.2) is 0 Å². The van der Waals surface area contributed by atoms with Gasteiger partial charge in [0, 0.05) is 0 Å². The zero-order valence-corrected chi connectivity index (χ0v) is 16.8. The van der Waals surface area contributed by atoms with Crippen LogP contribution in [0.25, 0.3) is 12.2 Å². The van der Waals surface area contributed by atoms with E-state index in [9.17, 15) is 0 Å². The summed E-state index contributed by atoms with van der Waals surface area (Å²) < 4.78 is 0. The maximum absolute atomic E-state index is 2.40. The average molecular weight is 335 g/mol. The van der Waals surface area contributed by atoms with Crippen LogP contribution in [0.5, 0.6) is 0 Å². The van der Waals surface area contributed by atoms with E-state index in [2.05, 4.69) is 77.1 Å². The Morgan fingerprint density at radius 2 is 1.08 bits per heavy atom. The minimum absolute atomic E-state index is 1.20. The van der Waals surface area contributed by atoms with Crippen molar-refractivity contribution in [3.8, 4) is 0 Å². The zero-order valence-electron chi connectivity index (χ0n) is 16.8. The van der Waals surface area contributed by atoms with Crippen LogP contribution in [0.1, 0.15) is 78.5 Å². The average Bonchev–Trinajstić information content (AvgIpc) is 2.57. The number of rotatable bonds is 8. The van der Waals surface area contributed by atoms with Crippen LogP contribution in [0.3, 0.4) is 0 Å². The molecule has 2 rings (SSSR count). The Balaban J connectivity index is 2.32. The topological polar surface area (TPSA) is 0 Å². The molecule has 0 amide bonds. The summed E-state index contributed by atoms with van der Waals surface area (Å²) in [7, 11) is 0. The van der Waals surface area contributed by atoms with E-state index >= 15 is 0 Å². The maximum atomic E-state index is 2.40. The van der Waals surface area contributed by atoms with Gasteiger partial charge in [-0.2, -0.15) is 0 Å². The Morgan fingerprint density at radius 3 is 1.52 bits per heavy atom. The van der Waals surface area contributed by atoms with Crippen LogP contribution < -0.4 is 0 Å². The van der Waals surface area contributed by atoms with Gasteiger partial charge in [-0.3, -0.25) is 0 Å². The third-order valence-electron chi connectivity index (χ3n) is 4.96. The van der Waals surface area contributed by atoms with E-state index in [1.165, 1.54) is 77.5 Å². The van der Waals surface area contributed by atoms with Crippen molar-refractivity contribution in [1.82, 2.24) is 0 Å². The van der Waals surface area contributed by atoms with E-state index in [1.807, 2.05) is 0 Å². The number of benzene rings is 2. The SMILES string of the molecule is CCCCc1cc(/C=C/c2cc(C)cc(C)c2)cc(CCCC)c1C. The van der Waals surface area contributed by atoms with Crippen LogP contribution in [0.4, 0.5) is 0 Å². The van der Waals surface area contributed by atoms with Crippen molar-refractivity contribution in [2.45, 2.75) is 73.1 Å². The molecule has 0 radical (unpaired) electrons. The molecule has 0 aliphatic heterocycles. The molecule has 0 aliphatic carbocycles. The third kappa shape index (κ3) is 5.88. The summed E-state index contributed by atoms with van der Waals surface area (Å²) >= 11 is 0. The molecule has 25 heavy (non-hydrogen) atoms. The summed E-state index contributed by atoms with van der Waals surface area (Å²) in [6.45, 7) is 11.2. The molecule has 0 heteroatoms. The highest BCUT2D eigenvalue weighted by Gasteiger charge is 2.06. The lowest BCUT2D eigenvalue weighted by Gasteiger charge is -2.13. The molecular weight excluding hydrogens is 300 g/mol. The van der Waals surface area contributed by atoms with Gasteiger partial charge >= 0.3 is 0 Å². The summed E-state index contributed by atoms with van der Waals surface area (Å²) in [4.78, 5) is 0. The third-order valence-corrected chi connectivity index (χ3v) is 4.96. The Bertz CT molecular complexity index is 670. The molecule has 134 valence electrons. The molecule has 2 aromatic carbocycles. The van der Waals surface area contributed by atoms with Gasteiger partial charge in [0.2, 0.25) is 0 Å². The van der Waals surface area contributed by atoms with Crippen LogP contribution >= 0.6 is 0 Å². The summed E-state index contributed by atoms with van der Waals surface area (Å²) in [6, 6.07) is 11.6. The van der Waals surface area contributed by atoms with E-state index in [0.29, 0.717) is 0 Å². The lowest BCUT2D eigenvalue weighted by Crippen LogP contribution is -1.98. The molecule has 0 N–H and O–H groups in total. The van der Waals surface area contributed by atoms with Gasteiger partial charge in [0.05, 0.1) is 0 Å². The number of hydrogen-bond donors (Lipinski definition) is 0. The Hall–Kier alpha value is -1.82. The fourth-order valence-corrected chi connectivity index (χ4v) is 3.52. The molecule has 0 atom stereocenters. The number of unbranched alkanes of at least 4 members (excludes halogenated alkanes) is 2. The van der Waals surface area contributed by atoms with Crippen molar-refractivity contribution in [3.63, 3.8) is 0 Å². The van der Waals surface area contributed by atoms with Gasteiger partial charge in [0.25, 0.3) is 0 Å². The largest absolute Gasteiger partial charge is 0.0654 e. The first kappa shape index (κ1) is 19.5. The van der Waals surface area contributed by atoms with Gasteiger partial charge in [-0.15, -0.1) is 0 Å². The normalized spacial score (nSPS) is 11.4. The summed E-state index contributed by atoms with van der Waals surface area (Å²) in [6.07, 6.45) is 12.0. The second-order valence-electron chi connectivity index (χ2n) is 7.43. The predicted octanol–water partition coefficient (Wildman–Crippen LogP) is 7.47. The van der Waals surface area contributed by atoms with Crippen LogP contribution in [-0.2, 0) is 12.8 Å². The lowest BCUT2D eigenvalue weighted by molar-refractivity contribution is 0.773. The van der Waals surface area contributed by atoms with Crippen LogP contribution in [0.2, 0.25) is 0 Å². The smallest absolute Gasteiger partial charge is 0.0251 e. The first-order chi connectivity index (χ1) is 12.0. The minimum atomic E-state index is 1.20. The molecule has 0 aromatic heterocycles. The van der Waals surface area contributed by atoms with Gasteiger partial charge in [-0.25, -0.2) is 0 Å². The standard InChI is InChI=1S/C25H34/c1-6-8-10-24-17-23(18-25(21(24)5)11-9-7-2)13-12-22-15-19(3)14-20(4)16-22/h12-18H,6-11H2,1-5H3/b13-12+. The van der Waals surface area contributed by atoms with Crippen LogP contribution in [0, 0.1) is 20.8 Å². The first-order valence-corrected chi connectivity index (χ1v) is 9.92. The van der Waals surface area contributed by atoms with Crippen molar-refractivity contribution in [1.29, 1.82) is 0 Å². The first-order valence-electron chi connectivity index (χ1n) is 9.92. The molecule has 0 saturated heterocycles. The summed E-state index contributed by atoms with van der Waals surface area (Å²) in [5.74, 6) is 0.